The topological polar surface area (TPSA) is 97.7 Å². The lowest BCUT2D eigenvalue weighted by Gasteiger charge is -2.22. The summed E-state index contributed by atoms with van der Waals surface area (Å²) in [6, 6.07) is 6.72. The van der Waals surface area contributed by atoms with Crippen LogP contribution in [0.15, 0.2) is 18.2 Å². The van der Waals surface area contributed by atoms with Crippen molar-refractivity contribution in [3.05, 3.63) is 23.8 Å². The lowest BCUT2D eigenvalue weighted by molar-refractivity contribution is -0.125. The van der Waals surface area contributed by atoms with Crippen LogP contribution in [0.2, 0.25) is 0 Å². The van der Waals surface area contributed by atoms with Crippen molar-refractivity contribution >= 4 is 11.9 Å². The van der Waals surface area contributed by atoms with Crippen molar-refractivity contribution in [2.45, 2.75) is 25.3 Å². The Kier molecular flexibility index (Phi) is 5.29. The molecule has 1 saturated carbocycles. The number of esters is 1. The van der Waals surface area contributed by atoms with Crippen molar-refractivity contribution in [3.8, 4) is 17.6 Å². The zero-order chi connectivity index (χ0) is 17.7. The molecule has 1 aliphatic carbocycles. The number of methoxy groups -OCH3 is 2. The summed E-state index contributed by atoms with van der Waals surface area (Å²) < 4.78 is 15.2. The molecular weight excluding hydrogens is 312 g/mol. The number of amides is 1. The number of nitrogens with one attached hydrogen (secondary N) is 1. The molecule has 24 heavy (non-hydrogen) atoms. The van der Waals surface area contributed by atoms with Gasteiger partial charge in [-0.1, -0.05) is 0 Å². The normalized spacial score (nSPS) is 15.6. The summed E-state index contributed by atoms with van der Waals surface area (Å²) >= 11 is 0. The Morgan fingerprint density at radius 3 is 2.29 bits per heavy atom. The molecule has 1 aromatic carbocycles. The van der Waals surface area contributed by atoms with E-state index < -0.39 is 24.0 Å². The minimum atomic E-state index is -0.914. The van der Waals surface area contributed by atoms with E-state index in [0.29, 0.717) is 11.5 Å². The second-order valence-corrected chi connectivity index (χ2v) is 5.81. The van der Waals surface area contributed by atoms with Crippen LogP contribution in [0.3, 0.4) is 0 Å². The molecule has 0 aliphatic heterocycles. The number of ether oxygens (including phenoxy) is 3. The van der Waals surface area contributed by atoms with E-state index in [-0.39, 0.29) is 11.5 Å². The first kappa shape index (κ1) is 17.6. The average molecular weight is 332 g/mol. The molecule has 2 rings (SSSR count). The summed E-state index contributed by atoms with van der Waals surface area (Å²) in [5.74, 6) is -0.139. The van der Waals surface area contributed by atoms with Gasteiger partial charge in [0.2, 0.25) is 0 Å². The molecule has 1 aromatic rings. The molecule has 1 fully saturated rings. The molecule has 1 N–H and O–H groups in total. The quantitative estimate of drug-likeness (QED) is 0.763. The molecule has 0 spiro atoms. The van der Waals surface area contributed by atoms with Crippen LogP contribution in [-0.4, -0.2) is 38.2 Å². The zero-order valence-corrected chi connectivity index (χ0v) is 13.9. The van der Waals surface area contributed by atoms with Crippen LogP contribution < -0.4 is 14.8 Å². The van der Waals surface area contributed by atoms with Gasteiger partial charge in [-0.25, -0.2) is 4.79 Å². The fourth-order valence-corrected chi connectivity index (χ4v) is 2.35. The van der Waals surface area contributed by atoms with E-state index in [1.165, 1.54) is 26.4 Å². The van der Waals surface area contributed by atoms with Gasteiger partial charge in [0.1, 0.15) is 17.0 Å². The summed E-state index contributed by atoms with van der Waals surface area (Å²) in [5, 5.41) is 11.8. The van der Waals surface area contributed by atoms with Crippen molar-refractivity contribution in [1.29, 1.82) is 5.26 Å². The molecule has 1 atom stereocenters. The zero-order valence-electron chi connectivity index (χ0n) is 13.9. The van der Waals surface area contributed by atoms with Crippen molar-refractivity contribution in [2.75, 3.05) is 20.8 Å². The Balaban J connectivity index is 1.95. The molecule has 1 aliphatic rings. The fourth-order valence-electron chi connectivity index (χ4n) is 2.35. The standard InChI is InChI=1S/C17H20N2O5/c1-17(10-18,12-4-5-12)19-15(20)9-24-16(21)11-6-13(22-2)8-14(7-11)23-3/h6-8,12H,4-5,9H2,1-3H3,(H,19,20)/t17-/m1/s1. The van der Waals surface area contributed by atoms with Gasteiger partial charge in [0.05, 0.1) is 25.9 Å². The van der Waals surface area contributed by atoms with E-state index in [1.807, 2.05) is 0 Å². The van der Waals surface area contributed by atoms with E-state index >= 15 is 0 Å². The Morgan fingerprint density at radius 1 is 1.25 bits per heavy atom. The van der Waals surface area contributed by atoms with Crippen molar-refractivity contribution in [2.24, 2.45) is 5.92 Å². The predicted molar refractivity (Wildman–Crippen MR) is 84.7 cm³/mol. The van der Waals surface area contributed by atoms with Gasteiger partial charge in [0.15, 0.2) is 6.61 Å². The van der Waals surface area contributed by atoms with E-state index in [0.717, 1.165) is 12.8 Å². The van der Waals surface area contributed by atoms with Crippen LogP contribution in [0, 0.1) is 17.2 Å². The van der Waals surface area contributed by atoms with Crippen LogP contribution in [0.25, 0.3) is 0 Å². The third kappa shape index (κ3) is 4.16. The number of carbonyl (C=O) groups excluding carboxylic acids is 2. The van der Waals surface area contributed by atoms with Crippen molar-refractivity contribution in [3.63, 3.8) is 0 Å². The fraction of sp³-hybridized carbons (Fsp3) is 0.471. The monoisotopic (exact) mass is 332 g/mol. The van der Waals surface area contributed by atoms with E-state index in [1.54, 1.807) is 13.0 Å². The highest BCUT2D eigenvalue weighted by Gasteiger charge is 2.43. The lowest BCUT2D eigenvalue weighted by Crippen LogP contribution is -2.48. The number of rotatable bonds is 7. The Labute approximate surface area is 140 Å². The maximum atomic E-state index is 12.1. The highest BCUT2D eigenvalue weighted by molar-refractivity contribution is 5.92. The molecule has 128 valence electrons. The van der Waals surface area contributed by atoms with Gasteiger partial charge in [-0.15, -0.1) is 0 Å². The van der Waals surface area contributed by atoms with Crippen LogP contribution in [0.1, 0.15) is 30.1 Å². The van der Waals surface area contributed by atoms with Crippen LogP contribution >= 0.6 is 0 Å². The van der Waals surface area contributed by atoms with Crippen LogP contribution in [0.5, 0.6) is 11.5 Å². The lowest BCUT2D eigenvalue weighted by atomic mass is 9.98. The van der Waals surface area contributed by atoms with E-state index in [4.69, 9.17) is 14.2 Å². The van der Waals surface area contributed by atoms with Crippen molar-refractivity contribution in [1.82, 2.24) is 5.32 Å². The molecule has 7 nitrogen and oxygen atoms in total. The Hall–Kier alpha value is -2.75. The summed E-state index contributed by atoms with van der Waals surface area (Å²) in [7, 11) is 2.94. The maximum Gasteiger partial charge on any atom is 0.338 e. The number of benzene rings is 1. The van der Waals surface area contributed by atoms with Crippen molar-refractivity contribution < 1.29 is 23.8 Å². The van der Waals surface area contributed by atoms with Gasteiger partial charge in [-0.2, -0.15) is 5.26 Å². The number of hydrogen-bond acceptors (Lipinski definition) is 6. The first-order valence-corrected chi connectivity index (χ1v) is 7.54. The third-order valence-corrected chi connectivity index (χ3v) is 3.95. The summed E-state index contributed by atoms with van der Waals surface area (Å²) in [6.07, 6.45) is 1.82. The molecule has 1 amide bonds. The highest BCUT2D eigenvalue weighted by Crippen LogP contribution is 2.39. The van der Waals surface area contributed by atoms with E-state index in [2.05, 4.69) is 11.4 Å². The number of carbonyl (C=O) groups is 2. The Morgan fingerprint density at radius 2 is 1.83 bits per heavy atom. The maximum absolute atomic E-state index is 12.1. The molecule has 0 aromatic heterocycles. The van der Waals surface area contributed by atoms with Gasteiger partial charge < -0.3 is 19.5 Å². The van der Waals surface area contributed by atoms with Gasteiger partial charge in [-0.05, 0) is 37.8 Å². The molecule has 0 unspecified atom stereocenters. The largest absolute Gasteiger partial charge is 0.497 e. The van der Waals surface area contributed by atoms with Gasteiger partial charge >= 0.3 is 5.97 Å². The minimum absolute atomic E-state index is 0.157. The molecule has 7 heteroatoms. The smallest absolute Gasteiger partial charge is 0.338 e. The van der Waals surface area contributed by atoms with Gasteiger partial charge in [0.25, 0.3) is 5.91 Å². The summed E-state index contributed by atoms with van der Waals surface area (Å²) in [6.45, 7) is 1.22. The van der Waals surface area contributed by atoms with Crippen LogP contribution in [-0.2, 0) is 9.53 Å². The summed E-state index contributed by atoms with van der Waals surface area (Å²) in [4.78, 5) is 24.0. The predicted octanol–water partition coefficient (Wildman–Crippen LogP) is 1.67. The number of nitrogens with zero attached hydrogens (tertiary/aromatic N) is 1. The molecule has 0 bridgehead atoms. The first-order chi connectivity index (χ1) is 11.4. The SMILES string of the molecule is COc1cc(OC)cc(C(=O)OCC(=O)N[C@](C)(C#N)C2CC2)c1. The molecule has 0 radical (unpaired) electrons. The third-order valence-electron chi connectivity index (χ3n) is 3.95. The molecular formula is C17H20N2O5. The number of nitriles is 1. The van der Waals surface area contributed by atoms with Gasteiger partial charge in [0, 0.05) is 6.07 Å². The second kappa shape index (κ2) is 7.21. The van der Waals surface area contributed by atoms with E-state index in [9.17, 15) is 14.9 Å². The average Bonchev–Trinajstić information content (AvgIpc) is 3.44. The van der Waals surface area contributed by atoms with Gasteiger partial charge in [-0.3, -0.25) is 4.79 Å². The molecule has 0 heterocycles. The van der Waals surface area contributed by atoms with Crippen LogP contribution in [0.4, 0.5) is 0 Å². The summed E-state index contributed by atoms with van der Waals surface area (Å²) in [5.41, 5.74) is -0.702. The second-order valence-electron chi connectivity index (χ2n) is 5.81. The molecule has 0 saturated heterocycles. The first-order valence-electron chi connectivity index (χ1n) is 7.54. The number of hydrogen-bond donors (Lipinski definition) is 1. The minimum Gasteiger partial charge on any atom is -0.497 e. The highest BCUT2D eigenvalue weighted by atomic mass is 16.5. The Bertz CT molecular complexity index is 656.